The molecule has 1 aliphatic carbocycles. The van der Waals surface area contributed by atoms with Crippen molar-refractivity contribution in [2.45, 2.75) is 38.1 Å². The molecule has 0 aliphatic heterocycles. The highest BCUT2D eigenvalue weighted by molar-refractivity contribution is 5.55. The van der Waals surface area contributed by atoms with Crippen molar-refractivity contribution in [1.29, 1.82) is 0 Å². The number of halogens is 1. The van der Waals surface area contributed by atoms with Gasteiger partial charge in [-0.25, -0.2) is 4.39 Å². The highest BCUT2D eigenvalue weighted by atomic mass is 19.1. The molecule has 0 unspecified atom stereocenters. The van der Waals surface area contributed by atoms with Crippen LogP contribution < -0.4 is 5.73 Å². The van der Waals surface area contributed by atoms with E-state index in [9.17, 15) is 4.39 Å². The Hall–Kier alpha value is -1.75. The molecule has 1 aromatic heterocycles. The Labute approximate surface area is 110 Å². The molecule has 0 atom stereocenters. The Balaban J connectivity index is 1.99. The zero-order valence-corrected chi connectivity index (χ0v) is 10.8. The third-order valence-corrected chi connectivity index (χ3v) is 3.79. The highest BCUT2D eigenvalue weighted by Crippen LogP contribution is 2.35. The van der Waals surface area contributed by atoms with Gasteiger partial charge in [0.05, 0.1) is 11.1 Å². The van der Waals surface area contributed by atoms with E-state index < -0.39 is 5.54 Å². The van der Waals surface area contributed by atoms with Crippen molar-refractivity contribution in [2.75, 3.05) is 0 Å². The van der Waals surface area contributed by atoms with Crippen LogP contribution in [-0.2, 0) is 5.54 Å². The van der Waals surface area contributed by atoms with Gasteiger partial charge in [-0.2, -0.15) is 4.98 Å². The summed E-state index contributed by atoms with van der Waals surface area (Å²) in [6.07, 6.45) is 3.84. The molecule has 0 spiro atoms. The van der Waals surface area contributed by atoms with Gasteiger partial charge in [-0.1, -0.05) is 30.1 Å². The first-order chi connectivity index (χ1) is 9.10. The van der Waals surface area contributed by atoms with E-state index in [2.05, 4.69) is 10.1 Å². The molecule has 19 heavy (non-hydrogen) atoms. The summed E-state index contributed by atoms with van der Waals surface area (Å²) in [6, 6.07) is 5.11. The Morgan fingerprint density at radius 2 is 2.05 bits per heavy atom. The van der Waals surface area contributed by atoms with Crippen LogP contribution >= 0.6 is 0 Å². The summed E-state index contributed by atoms with van der Waals surface area (Å²) in [5.41, 5.74) is 6.64. The number of hydrogen-bond donors (Lipinski definition) is 1. The SMILES string of the molecule is Cc1cccc(-c2nc(C3(N)CCCC3)no2)c1F. The van der Waals surface area contributed by atoms with E-state index in [4.69, 9.17) is 10.3 Å². The fraction of sp³-hybridized carbons (Fsp3) is 0.429. The van der Waals surface area contributed by atoms with Gasteiger partial charge in [0.1, 0.15) is 5.82 Å². The minimum absolute atomic E-state index is 0.202. The Morgan fingerprint density at radius 1 is 1.32 bits per heavy atom. The summed E-state index contributed by atoms with van der Waals surface area (Å²) in [7, 11) is 0. The van der Waals surface area contributed by atoms with Gasteiger partial charge in [-0.05, 0) is 31.4 Å². The molecule has 5 heteroatoms. The molecule has 1 saturated carbocycles. The monoisotopic (exact) mass is 261 g/mol. The molecule has 3 rings (SSSR count). The maximum absolute atomic E-state index is 14.0. The summed E-state index contributed by atoms with van der Waals surface area (Å²) in [6.45, 7) is 1.71. The van der Waals surface area contributed by atoms with E-state index >= 15 is 0 Å². The van der Waals surface area contributed by atoms with E-state index in [0.29, 0.717) is 17.0 Å². The van der Waals surface area contributed by atoms with Crippen molar-refractivity contribution in [1.82, 2.24) is 10.1 Å². The minimum atomic E-state index is -0.512. The van der Waals surface area contributed by atoms with Gasteiger partial charge in [0, 0.05) is 0 Å². The van der Waals surface area contributed by atoms with Gasteiger partial charge in [-0.3, -0.25) is 0 Å². The van der Waals surface area contributed by atoms with E-state index in [-0.39, 0.29) is 11.7 Å². The van der Waals surface area contributed by atoms with Crippen LogP contribution in [0.15, 0.2) is 22.7 Å². The molecular formula is C14H16FN3O. The fourth-order valence-electron chi connectivity index (χ4n) is 2.58. The van der Waals surface area contributed by atoms with Crippen LogP contribution in [0.3, 0.4) is 0 Å². The first-order valence-corrected chi connectivity index (χ1v) is 6.49. The lowest BCUT2D eigenvalue weighted by Gasteiger charge is -2.17. The zero-order valence-electron chi connectivity index (χ0n) is 10.8. The van der Waals surface area contributed by atoms with Crippen LogP contribution in [0.4, 0.5) is 4.39 Å². The normalized spacial score (nSPS) is 17.8. The first kappa shape index (κ1) is 12.3. The van der Waals surface area contributed by atoms with E-state index in [0.717, 1.165) is 25.7 Å². The largest absolute Gasteiger partial charge is 0.334 e. The highest BCUT2D eigenvalue weighted by Gasteiger charge is 2.36. The molecule has 0 bridgehead atoms. The summed E-state index contributed by atoms with van der Waals surface area (Å²) in [5, 5.41) is 3.94. The third kappa shape index (κ3) is 2.04. The van der Waals surface area contributed by atoms with Gasteiger partial charge in [-0.15, -0.1) is 0 Å². The minimum Gasteiger partial charge on any atom is -0.334 e. The maximum Gasteiger partial charge on any atom is 0.260 e. The van der Waals surface area contributed by atoms with Crippen LogP contribution in [-0.4, -0.2) is 10.1 Å². The fourth-order valence-corrected chi connectivity index (χ4v) is 2.58. The van der Waals surface area contributed by atoms with Gasteiger partial charge in [0.25, 0.3) is 5.89 Å². The molecule has 0 radical (unpaired) electrons. The maximum atomic E-state index is 14.0. The summed E-state index contributed by atoms with van der Waals surface area (Å²) in [4.78, 5) is 4.29. The molecule has 1 heterocycles. The number of hydrogen-bond acceptors (Lipinski definition) is 4. The van der Waals surface area contributed by atoms with E-state index in [1.165, 1.54) is 0 Å². The van der Waals surface area contributed by atoms with Crippen LogP contribution in [0.5, 0.6) is 0 Å². The standard InChI is InChI=1S/C14H16FN3O/c1-9-5-4-6-10(11(9)15)12-17-13(18-19-12)14(16)7-2-3-8-14/h4-6H,2-3,7-8,16H2,1H3. The molecule has 0 saturated heterocycles. The van der Waals surface area contributed by atoms with Crippen molar-refractivity contribution < 1.29 is 8.91 Å². The Morgan fingerprint density at radius 3 is 2.79 bits per heavy atom. The van der Waals surface area contributed by atoms with Gasteiger partial charge >= 0.3 is 0 Å². The van der Waals surface area contributed by atoms with Crippen LogP contribution in [0.2, 0.25) is 0 Å². The Kier molecular flexibility index (Phi) is 2.86. The predicted octanol–water partition coefficient (Wildman–Crippen LogP) is 2.91. The van der Waals surface area contributed by atoms with Crippen molar-refractivity contribution in [3.63, 3.8) is 0 Å². The molecular weight excluding hydrogens is 245 g/mol. The number of aryl methyl sites for hydroxylation is 1. The van der Waals surface area contributed by atoms with Crippen LogP contribution in [0.25, 0.3) is 11.5 Å². The van der Waals surface area contributed by atoms with Crippen molar-refractivity contribution >= 4 is 0 Å². The smallest absolute Gasteiger partial charge is 0.260 e. The summed E-state index contributed by atoms with van der Waals surface area (Å²) >= 11 is 0. The molecule has 0 amide bonds. The molecule has 100 valence electrons. The van der Waals surface area contributed by atoms with Gasteiger partial charge in [0.15, 0.2) is 5.82 Å². The van der Waals surface area contributed by atoms with Crippen molar-refractivity contribution in [3.8, 4) is 11.5 Å². The number of aromatic nitrogens is 2. The number of nitrogens with zero attached hydrogens (tertiary/aromatic N) is 2. The van der Waals surface area contributed by atoms with E-state index in [1.54, 1.807) is 25.1 Å². The average molecular weight is 261 g/mol. The quantitative estimate of drug-likeness (QED) is 0.902. The van der Waals surface area contributed by atoms with Gasteiger partial charge < -0.3 is 10.3 Å². The molecule has 1 fully saturated rings. The topological polar surface area (TPSA) is 64.9 Å². The number of benzene rings is 1. The average Bonchev–Trinajstić information content (AvgIpc) is 3.02. The third-order valence-electron chi connectivity index (χ3n) is 3.79. The summed E-state index contributed by atoms with van der Waals surface area (Å²) in [5.74, 6) is 0.365. The molecule has 1 aromatic carbocycles. The zero-order chi connectivity index (χ0) is 13.5. The molecule has 2 N–H and O–H groups in total. The Bertz CT molecular complexity index is 602. The molecule has 1 aliphatic rings. The predicted molar refractivity (Wildman–Crippen MR) is 68.8 cm³/mol. The van der Waals surface area contributed by atoms with Crippen LogP contribution in [0, 0.1) is 12.7 Å². The number of nitrogens with two attached hydrogens (primary N) is 1. The second-order valence-corrected chi connectivity index (χ2v) is 5.22. The molecule has 4 nitrogen and oxygen atoms in total. The van der Waals surface area contributed by atoms with Crippen molar-refractivity contribution in [2.24, 2.45) is 5.73 Å². The summed E-state index contributed by atoms with van der Waals surface area (Å²) < 4.78 is 19.2. The second kappa shape index (κ2) is 4.42. The van der Waals surface area contributed by atoms with E-state index in [1.807, 2.05) is 0 Å². The van der Waals surface area contributed by atoms with Gasteiger partial charge in [0.2, 0.25) is 0 Å². The lowest BCUT2D eigenvalue weighted by Crippen LogP contribution is -2.34. The molecule has 2 aromatic rings. The lowest BCUT2D eigenvalue weighted by molar-refractivity contribution is 0.372. The number of rotatable bonds is 2. The first-order valence-electron chi connectivity index (χ1n) is 6.49. The van der Waals surface area contributed by atoms with Crippen molar-refractivity contribution in [3.05, 3.63) is 35.4 Å². The lowest BCUT2D eigenvalue weighted by atomic mass is 9.98. The van der Waals surface area contributed by atoms with Crippen LogP contribution in [0.1, 0.15) is 37.1 Å². The second-order valence-electron chi connectivity index (χ2n) is 5.22.